The molecular weight excluding hydrogens is 388 g/mol. The van der Waals surface area contributed by atoms with Gasteiger partial charge in [-0.25, -0.2) is 8.42 Å². The van der Waals surface area contributed by atoms with Crippen LogP contribution in [-0.2, 0) is 14.8 Å². The summed E-state index contributed by atoms with van der Waals surface area (Å²) in [4.78, 5) is 13.0. The maximum Gasteiger partial charge on any atom is 0.243 e. The molecule has 0 radical (unpaired) electrons. The van der Waals surface area contributed by atoms with Gasteiger partial charge in [0.25, 0.3) is 0 Å². The topological polar surface area (TPSA) is 75.7 Å². The van der Waals surface area contributed by atoms with Crippen LogP contribution in [0.2, 0.25) is 0 Å². The van der Waals surface area contributed by atoms with Crippen LogP contribution in [0, 0.1) is 12.8 Å². The first kappa shape index (κ1) is 21.3. The minimum Gasteiger partial charge on any atom is -0.491 e. The zero-order chi connectivity index (χ0) is 20.9. The Hall–Kier alpha value is -2.38. The number of sulfonamides is 1. The lowest BCUT2D eigenvalue weighted by Gasteiger charge is -2.31. The lowest BCUT2D eigenvalue weighted by Crippen LogP contribution is -2.48. The number of carbonyl (C=O) groups is 1. The van der Waals surface area contributed by atoms with Gasteiger partial charge in [-0.1, -0.05) is 35.9 Å². The van der Waals surface area contributed by atoms with Gasteiger partial charge in [0.1, 0.15) is 12.4 Å². The van der Waals surface area contributed by atoms with Gasteiger partial charge in [0.05, 0.1) is 16.9 Å². The number of benzene rings is 2. The number of nitrogens with zero attached hydrogens (tertiary/aromatic N) is 1. The first-order valence-electron chi connectivity index (χ1n) is 9.91. The molecule has 2 atom stereocenters. The number of piperidine rings is 1. The third kappa shape index (κ3) is 5.58. The fourth-order valence-electron chi connectivity index (χ4n) is 3.37. The summed E-state index contributed by atoms with van der Waals surface area (Å²) in [6, 6.07) is 16.1. The molecule has 1 fully saturated rings. The van der Waals surface area contributed by atoms with Gasteiger partial charge in [-0.3, -0.25) is 4.79 Å². The molecule has 1 aliphatic heterocycles. The van der Waals surface area contributed by atoms with Crippen molar-refractivity contribution in [2.45, 2.75) is 37.6 Å². The Kier molecular flexibility index (Phi) is 6.92. The van der Waals surface area contributed by atoms with E-state index in [1.54, 1.807) is 24.3 Å². The monoisotopic (exact) mass is 416 g/mol. The van der Waals surface area contributed by atoms with Gasteiger partial charge in [-0.15, -0.1) is 0 Å². The first-order chi connectivity index (χ1) is 13.9. The van der Waals surface area contributed by atoms with Crippen LogP contribution in [0.25, 0.3) is 0 Å². The van der Waals surface area contributed by atoms with E-state index in [1.807, 2.05) is 44.2 Å². The second kappa shape index (κ2) is 9.41. The average Bonchev–Trinajstić information content (AvgIpc) is 2.73. The Morgan fingerprint density at radius 2 is 1.86 bits per heavy atom. The van der Waals surface area contributed by atoms with E-state index in [4.69, 9.17) is 4.74 Å². The summed E-state index contributed by atoms with van der Waals surface area (Å²) >= 11 is 0. The van der Waals surface area contributed by atoms with Gasteiger partial charge in [-0.05, 0) is 51.0 Å². The van der Waals surface area contributed by atoms with Gasteiger partial charge in [0.15, 0.2) is 0 Å². The van der Waals surface area contributed by atoms with Crippen LogP contribution >= 0.6 is 0 Å². The molecular formula is C22H28N2O4S. The molecule has 7 heteroatoms. The Balaban J connectivity index is 1.56. The summed E-state index contributed by atoms with van der Waals surface area (Å²) in [5.74, 6) is 0.266. The Bertz CT molecular complexity index is 914. The van der Waals surface area contributed by atoms with E-state index >= 15 is 0 Å². The van der Waals surface area contributed by atoms with Crippen LogP contribution in [0.15, 0.2) is 59.5 Å². The molecule has 1 saturated heterocycles. The fourth-order valence-corrected chi connectivity index (χ4v) is 4.90. The van der Waals surface area contributed by atoms with Gasteiger partial charge in [0, 0.05) is 13.1 Å². The van der Waals surface area contributed by atoms with Gasteiger partial charge in [0.2, 0.25) is 15.9 Å². The summed E-state index contributed by atoms with van der Waals surface area (Å²) in [6.45, 7) is 4.79. The van der Waals surface area contributed by atoms with Crippen molar-refractivity contribution in [3.63, 3.8) is 0 Å². The van der Waals surface area contributed by atoms with E-state index < -0.39 is 10.0 Å². The van der Waals surface area contributed by atoms with Crippen LogP contribution in [0.4, 0.5) is 0 Å². The molecule has 1 amide bonds. The lowest BCUT2D eigenvalue weighted by atomic mass is 9.98. The third-order valence-electron chi connectivity index (χ3n) is 5.05. The summed E-state index contributed by atoms with van der Waals surface area (Å²) in [5.41, 5.74) is 1.01. The summed E-state index contributed by atoms with van der Waals surface area (Å²) in [7, 11) is -3.59. The van der Waals surface area contributed by atoms with E-state index in [0.29, 0.717) is 26.0 Å². The molecule has 156 valence electrons. The molecule has 1 N–H and O–H groups in total. The van der Waals surface area contributed by atoms with Crippen LogP contribution < -0.4 is 10.1 Å². The van der Waals surface area contributed by atoms with Crippen LogP contribution in [0.1, 0.15) is 25.3 Å². The van der Waals surface area contributed by atoms with E-state index in [-0.39, 0.29) is 29.3 Å². The summed E-state index contributed by atoms with van der Waals surface area (Å²) in [6.07, 6.45) is 1.34. The highest BCUT2D eigenvalue weighted by molar-refractivity contribution is 7.89. The van der Waals surface area contributed by atoms with E-state index in [9.17, 15) is 13.2 Å². The zero-order valence-electron chi connectivity index (χ0n) is 16.9. The largest absolute Gasteiger partial charge is 0.491 e. The smallest absolute Gasteiger partial charge is 0.243 e. The Morgan fingerprint density at radius 1 is 1.17 bits per heavy atom. The fraction of sp³-hybridized carbons (Fsp3) is 0.409. The molecule has 6 nitrogen and oxygen atoms in total. The summed E-state index contributed by atoms with van der Waals surface area (Å²) in [5, 5.41) is 2.95. The molecule has 1 heterocycles. The van der Waals surface area contributed by atoms with Crippen molar-refractivity contribution in [2.75, 3.05) is 19.7 Å². The minimum absolute atomic E-state index is 0.127. The quantitative estimate of drug-likeness (QED) is 0.753. The SMILES string of the molecule is Cc1ccc(S(=O)(=O)N2CCC[C@H](C(=O)N[C@H](C)COc3ccccc3)C2)cc1. The van der Waals surface area contributed by atoms with Crippen LogP contribution in [-0.4, -0.2) is 44.4 Å². The highest BCUT2D eigenvalue weighted by Crippen LogP contribution is 2.24. The van der Waals surface area contributed by atoms with Crippen molar-refractivity contribution < 1.29 is 17.9 Å². The first-order valence-corrected chi connectivity index (χ1v) is 11.4. The number of rotatable bonds is 7. The molecule has 0 bridgehead atoms. The zero-order valence-corrected chi connectivity index (χ0v) is 17.7. The lowest BCUT2D eigenvalue weighted by molar-refractivity contribution is -0.126. The van der Waals surface area contributed by atoms with Crippen molar-refractivity contribution in [1.29, 1.82) is 0 Å². The van der Waals surface area contributed by atoms with Crippen molar-refractivity contribution in [1.82, 2.24) is 9.62 Å². The number of hydrogen-bond donors (Lipinski definition) is 1. The molecule has 0 aromatic heterocycles. The number of nitrogens with one attached hydrogen (secondary N) is 1. The van der Waals surface area contributed by atoms with Crippen molar-refractivity contribution >= 4 is 15.9 Å². The van der Waals surface area contributed by atoms with Crippen LogP contribution in [0.3, 0.4) is 0 Å². The van der Waals surface area contributed by atoms with Crippen molar-refractivity contribution in [3.05, 3.63) is 60.2 Å². The molecule has 0 saturated carbocycles. The molecule has 0 spiro atoms. The van der Waals surface area contributed by atoms with E-state index in [2.05, 4.69) is 5.32 Å². The molecule has 2 aromatic rings. The van der Waals surface area contributed by atoms with Crippen molar-refractivity contribution in [3.8, 4) is 5.75 Å². The van der Waals surface area contributed by atoms with E-state index in [0.717, 1.165) is 11.3 Å². The number of aryl methyl sites for hydroxylation is 1. The predicted molar refractivity (Wildman–Crippen MR) is 112 cm³/mol. The highest BCUT2D eigenvalue weighted by Gasteiger charge is 2.33. The third-order valence-corrected chi connectivity index (χ3v) is 6.92. The second-order valence-electron chi connectivity index (χ2n) is 7.55. The number of para-hydroxylation sites is 1. The van der Waals surface area contributed by atoms with Crippen molar-refractivity contribution in [2.24, 2.45) is 5.92 Å². The standard InChI is InChI=1S/C22H28N2O4S/c1-17-10-12-21(13-11-17)29(26,27)24-14-6-7-19(15-24)22(25)23-18(2)16-28-20-8-4-3-5-9-20/h3-5,8-13,18-19H,6-7,14-16H2,1-2H3,(H,23,25)/t18-,19+/m1/s1. The molecule has 29 heavy (non-hydrogen) atoms. The maximum absolute atomic E-state index is 12.9. The molecule has 1 aliphatic rings. The molecule has 2 aromatic carbocycles. The predicted octanol–water partition coefficient (Wildman–Crippen LogP) is 2.98. The summed E-state index contributed by atoms with van der Waals surface area (Å²) < 4.78 is 32.9. The Morgan fingerprint density at radius 3 is 2.55 bits per heavy atom. The number of ether oxygens (including phenoxy) is 1. The molecule has 0 aliphatic carbocycles. The normalized spacial score (nSPS) is 18.8. The number of hydrogen-bond acceptors (Lipinski definition) is 4. The minimum atomic E-state index is -3.59. The maximum atomic E-state index is 12.9. The Labute approximate surface area is 172 Å². The van der Waals surface area contributed by atoms with Gasteiger partial charge < -0.3 is 10.1 Å². The van der Waals surface area contributed by atoms with E-state index in [1.165, 1.54) is 4.31 Å². The second-order valence-corrected chi connectivity index (χ2v) is 9.49. The number of amides is 1. The van der Waals surface area contributed by atoms with Gasteiger partial charge >= 0.3 is 0 Å². The van der Waals surface area contributed by atoms with Gasteiger partial charge in [-0.2, -0.15) is 4.31 Å². The number of carbonyl (C=O) groups excluding carboxylic acids is 1. The molecule has 3 rings (SSSR count). The van der Waals surface area contributed by atoms with Crippen LogP contribution in [0.5, 0.6) is 5.75 Å². The highest BCUT2D eigenvalue weighted by atomic mass is 32.2. The molecule has 0 unspecified atom stereocenters. The average molecular weight is 417 g/mol.